The highest BCUT2D eigenvalue weighted by Gasteiger charge is 2.18. The number of hydrogen-bond acceptors (Lipinski definition) is 16. The Kier molecular flexibility index (Phi) is 42.1. The van der Waals surface area contributed by atoms with Gasteiger partial charge in [0.15, 0.2) is 0 Å². The summed E-state index contributed by atoms with van der Waals surface area (Å²) in [6.07, 6.45) is 2.09. The third-order valence-electron chi connectivity index (χ3n) is 5.80. The van der Waals surface area contributed by atoms with Crippen LogP contribution in [-0.2, 0) is 33.6 Å². The van der Waals surface area contributed by atoms with Crippen molar-refractivity contribution in [1.29, 1.82) is 0 Å². The number of nitrogens with two attached hydrogens (primary N) is 6. The molecule has 23 heteroatoms. The lowest BCUT2D eigenvalue weighted by Crippen LogP contribution is -2.39. The highest BCUT2D eigenvalue weighted by atomic mass is 32.2. The number of carboxylic acid groups (broad SMARTS) is 7. The van der Waals surface area contributed by atoms with Crippen LogP contribution in [0.15, 0.2) is 0 Å². The van der Waals surface area contributed by atoms with Crippen LogP contribution in [0.3, 0.4) is 0 Å². The Morgan fingerprint density at radius 2 is 0.922 bits per heavy atom. The third kappa shape index (κ3) is 44.3. The van der Waals surface area contributed by atoms with Crippen LogP contribution in [0.5, 0.6) is 0 Å². The molecule has 0 aromatic carbocycles. The predicted molar refractivity (Wildman–Crippen MR) is 187 cm³/mol. The fourth-order valence-corrected chi connectivity index (χ4v) is 2.33. The van der Waals surface area contributed by atoms with Gasteiger partial charge in [-0.2, -0.15) is 11.8 Å². The topological polar surface area (TPSA) is 458 Å². The monoisotopic (exact) mass is 768 g/mol. The van der Waals surface area contributed by atoms with Gasteiger partial charge in [-0.25, -0.2) is 0 Å². The molecule has 0 aliphatic rings. The summed E-state index contributed by atoms with van der Waals surface area (Å²) >= 11 is 1.60. The molecule has 51 heavy (non-hydrogen) atoms. The maximum Gasteiger partial charge on any atom is 0.323 e. The number of carbonyl (C=O) groups is 7. The van der Waals surface area contributed by atoms with Crippen LogP contribution >= 0.6 is 11.8 Å². The normalized spacial score (nSPS) is 14.5. The van der Waals surface area contributed by atoms with Gasteiger partial charge in [0, 0.05) is 6.42 Å². The van der Waals surface area contributed by atoms with Gasteiger partial charge in [0.2, 0.25) is 0 Å². The van der Waals surface area contributed by atoms with Gasteiger partial charge in [0.1, 0.15) is 36.3 Å². The van der Waals surface area contributed by atoms with Gasteiger partial charge in [-0.15, -0.1) is 0 Å². The van der Waals surface area contributed by atoms with Crippen molar-refractivity contribution in [3.05, 3.63) is 0 Å². The van der Waals surface area contributed by atoms with Gasteiger partial charge in [-0.05, 0) is 43.6 Å². The summed E-state index contributed by atoms with van der Waals surface area (Å²) in [5.41, 5.74) is 30.3. The van der Waals surface area contributed by atoms with Crippen molar-refractivity contribution >= 4 is 53.5 Å². The number of aliphatic carboxylic acids is 7. The minimum absolute atomic E-state index is 0.0208. The van der Waals surface area contributed by atoms with Crippen LogP contribution in [0.25, 0.3) is 0 Å². The van der Waals surface area contributed by atoms with Gasteiger partial charge in [0.25, 0.3) is 0 Å². The van der Waals surface area contributed by atoms with E-state index in [4.69, 9.17) is 80.4 Å². The molecule has 0 aliphatic carbocycles. The van der Waals surface area contributed by atoms with Gasteiger partial charge in [-0.1, -0.05) is 34.1 Å². The maximum absolute atomic E-state index is 10.2. The van der Waals surface area contributed by atoms with E-state index in [0.29, 0.717) is 6.42 Å². The maximum atomic E-state index is 10.2. The van der Waals surface area contributed by atoms with E-state index in [1.54, 1.807) is 25.6 Å². The number of carboxylic acids is 7. The van der Waals surface area contributed by atoms with Crippen molar-refractivity contribution in [2.45, 2.75) is 103 Å². The molecule has 0 aliphatic heterocycles. The second-order valence-electron chi connectivity index (χ2n) is 10.7. The van der Waals surface area contributed by atoms with E-state index in [9.17, 15) is 33.6 Å². The smallest absolute Gasteiger partial charge is 0.323 e. The van der Waals surface area contributed by atoms with Crippen molar-refractivity contribution in [1.82, 2.24) is 0 Å². The average Bonchev–Trinajstić information content (AvgIpc) is 3.04. The standard InChI is InChI=1S/C6H13NO2.C5H9NO4.C5H11NO2S.C5H11NO2.C4H9NO3.C3H7NO3/c1-3-4(2)5(7)6(8)9;6-3(5(9)10)1-2-4(7)8;1-9-3-2-4(6)5(7)8;1-3(2)4(6)5(7)8;1-2(6)3(5)4(7)8;4-2(1-5)3(6)7/h4-5H,3,7H2,1-2H3,(H,8,9);3H,1-2,6H2,(H,7,8)(H,9,10);4H,2-3,6H2,1H3,(H,7,8);3-4H,6H2,1-2H3,(H,7,8);2-3,6H,5H2,1H3,(H,7,8);2,5H,1,4H2,(H,6,7). The Labute approximate surface area is 300 Å². The fraction of sp³-hybridized carbons (Fsp3) is 0.750. The quantitative estimate of drug-likeness (QED) is 0.0704. The van der Waals surface area contributed by atoms with E-state index in [0.717, 1.165) is 12.2 Å². The SMILES string of the molecule is CC(C)C(N)C(=O)O.CC(O)C(N)C(=O)O.CCC(C)C(N)C(=O)O.CSCCC(N)C(=O)O.NC(CCC(=O)O)C(=O)O.NC(CO)C(=O)O. The first-order valence-corrected chi connectivity index (χ1v) is 16.4. The highest BCUT2D eigenvalue weighted by molar-refractivity contribution is 7.98. The molecule has 0 heterocycles. The molecule has 0 aromatic heterocycles. The van der Waals surface area contributed by atoms with E-state index in [2.05, 4.69) is 0 Å². The Morgan fingerprint density at radius 3 is 1.06 bits per heavy atom. The molecule has 304 valence electrons. The molecule has 0 saturated heterocycles. The second kappa shape index (κ2) is 36.1. The number of aliphatic hydroxyl groups is 2. The molecule has 0 radical (unpaired) electrons. The lowest BCUT2D eigenvalue weighted by Gasteiger charge is -2.11. The molecule has 0 fully saturated rings. The van der Waals surface area contributed by atoms with Crippen LogP contribution in [0.4, 0.5) is 0 Å². The molecule has 0 rings (SSSR count). The molecular formula is C28H60N6O16S. The lowest BCUT2D eigenvalue weighted by atomic mass is 10.0. The van der Waals surface area contributed by atoms with Crippen molar-refractivity contribution in [2.75, 3.05) is 18.6 Å². The molecule has 0 bridgehead atoms. The predicted octanol–water partition coefficient (Wildman–Crippen LogP) is -2.92. The summed E-state index contributed by atoms with van der Waals surface area (Å²) in [4.78, 5) is 69.6. The molecular weight excluding hydrogens is 708 g/mol. The molecule has 0 aromatic rings. The number of hydrogen-bond donors (Lipinski definition) is 15. The van der Waals surface area contributed by atoms with Gasteiger partial charge < -0.3 is 80.4 Å². The first kappa shape index (κ1) is 59.5. The highest BCUT2D eigenvalue weighted by Crippen LogP contribution is 2.04. The molecule has 0 amide bonds. The molecule has 21 N–H and O–H groups in total. The Morgan fingerprint density at radius 1 is 0.569 bits per heavy atom. The minimum atomic E-state index is -1.18. The molecule has 22 nitrogen and oxygen atoms in total. The van der Waals surface area contributed by atoms with Crippen LogP contribution in [0.2, 0.25) is 0 Å². The zero-order valence-corrected chi connectivity index (χ0v) is 30.5. The van der Waals surface area contributed by atoms with Crippen LogP contribution in [0, 0.1) is 11.8 Å². The van der Waals surface area contributed by atoms with E-state index in [1.807, 2.05) is 20.1 Å². The van der Waals surface area contributed by atoms with Crippen LogP contribution in [-0.4, -0.2) is 149 Å². The zero-order chi connectivity index (χ0) is 42.2. The van der Waals surface area contributed by atoms with Gasteiger partial charge in [0.05, 0.1) is 12.7 Å². The van der Waals surface area contributed by atoms with Crippen molar-refractivity contribution < 1.29 is 79.5 Å². The van der Waals surface area contributed by atoms with Crippen LogP contribution in [0.1, 0.15) is 60.3 Å². The largest absolute Gasteiger partial charge is 0.481 e. The Hall–Kier alpha value is -3.68. The zero-order valence-electron chi connectivity index (χ0n) is 29.7. The average molecular weight is 769 g/mol. The summed E-state index contributed by atoms with van der Waals surface area (Å²) in [7, 11) is 0. The first-order chi connectivity index (χ1) is 23.1. The first-order valence-electron chi connectivity index (χ1n) is 15.0. The van der Waals surface area contributed by atoms with E-state index in [-0.39, 0.29) is 24.7 Å². The third-order valence-corrected chi connectivity index (χ3v) is 6.44. The lowest BCUT2D eigenvalue weighted by molar-refractivity contribution is -0.141. The fourth-order valence-electron chi connectivity index (χ4n) is 1.84. The van der Waals surface area contributed by atoms with Gasteiger partial charge in [-0.3, -0.25) is 33.6 Å². The molecule has 8 unspecified atom stereocenters. The Bertz CT molecular complexity index is 969. The van der Waals surface area contributed by atoms with E-state index in [1.165, 1.54) is 6.92 Å². The van der Waals surface area contributed by atoms with Gasteiger partial charge >= 0.3 is 41.8 Å². The molecule has 0 spiro atoms. The van der Waals surface area contributed by atoms with E-state index < -0.39 is 90.7 Å². The summed E-state index contributed by atoms with van der Waals surface area (Å²) in [6, 6.07) is -5.44. The molecule has 8 atom stereocenters. The summed E-state index contributed by atoms with van der Waals surface area (Å²) in [6.45, 7) is 8.14. The summed E-state index contributed by atoms with van der Waals surface area (Å²) in [5, 5.41) is 73.6. The van der Waals surface area contributed by atoms with Crippen molar-refractivity contribution in [2.24, 2.45) is 46.2 Å². The minimum Gasteiger partial charge on any atom is -0.481 e. The molecule has 0 saturated carbocycles. The number of thioether (sulfide) groups is 1. The second-order valence-corrected chi connectivity index (χ2v) is 11.7. The summed E-state index contributed by atoms with van der Waals surface area (Å²) < 4.78 is 0. The summed E-state index contributed by atoms with van der Waals surface area (Å²) in [5.74, 6) is -6.41. The number of rotatable bonds is 17. The van der Waals surface area contributed by atoms with Crippen molar-refractivity contribution in [3.8, 4) is 0 Å². The van der Waals surface area contributed by atoms with E-state index >= 15 is 0 Å². The Balaban J connectivity index is -0.000000120. The number of aliphatic hydroxyl groups excluding tert-OH is 2. The van der Waals surface area contributed by atoms with Crippen LogP contribution < -0.4 is 34.4 Å². The van der Waals surface area contributed by atoms with Crippen molar-refractivity contribution in [3.63, 3.8) is 0 Å².